The molecule has 0 aromatic heterocycles. The van der Waals surface area contributed by atoms with E-state index in [9.17, 15) is 0 Å². The second-order valence-electron chi connectivity index (χ2n) is 4.42. The van der Waals surface area contributed by atoms with Crippen molar-refractivity contribution in [1.29, 1.82) is 0 Å². The summed E-state index contributed by atoms with van der Waals surface area (Å²) in [7, 11) is 4.23. The number of halogens is 2. The van der Waals surface area contributed by atoms with Gasteiger partial charge < -0.3 is 4.90 Å². The van der Waals surface area contributed by atoms with E-state index < -0.39 is 0 Å². The summed E-state index contributed by atoms with van der Waals surface area (Å²) in [6.45, 7) is 5.46. The number of hydrogen-bond acceptors (Lipinski definition) is 1. The number of allylic oxidation sites excluding steroid dienone is 1. The van der Waals surface area contributed by atoms with Crippen molar-refractivity contribution in [2.24, 2.45) is 5.92 Å². The quantitative estimate of drug-likeness (QED) is 0.791. The minimum absolute atomic E-state index is 0. The fraction of sp³-hybridized carbons (Fsp3) is 0.429. The molecule has 17 heavy (non-hydrogen) atoms. The van der Waals surface area contributed by atoms with Crippen molar-refractivity contribution in [2.45, 2.75) is 13.8 Å². The van der Waals surface area contributed by atoms with Crippen LogP contribution >= 0.6 is 28.3 Å². The summed E-state index contributed by atoms with van der Waals surface area (Å²) in [6, 6.07) is 8.51. The zero-order valence-corrected chi connectivity index (χ0v) is 13.3. The molecule has 1 rings (SSSR count). The van der Waals surface area contributed by atoms with Gasteiger partial charge in [0.25, 0.3) is 0 Å². The van der Waals surface area contributed by atoms with Crippen LogP contribution < -0.4 is 0 Å². The zero-order valence-electron chi connectivity index (χ0n) is 10.9. The summed E-state index contributed by atoms with van der Waals surface area (Å²) in [6.07, 6.45) is 2.22. The number of nitrogens with zero attached hydrogens (tertiary/aromatic N) is 1. The molecule has 1 nitrogen and oxygen atoms in total. The van der Waals surface area contributed by atoms with Crippen LogP contribution in [0.1, 0.15) is 19.4 Å². The maximum absolute atomic E-state index is 3.52. The molecule has 0 aliphatic heterocycles. The Kier molecular flexibility index (Phi) is 7.77. The zero-order chi connectivity index (χ0) is 12.1. The van der Waals surface area contributed by atoms with Crippen LogP contribution in [0.5, 0.6) is 0 Å². The lowest BCUT2D eigenvalue weighted by atomic mass is 9.93. The van der Waals surface area contributed by atoms with Crippen LogP contribution in [0.3, 0.4) is 0 Å². The van der Waals surface area contributed by atoms with E-state index in [-0.39, 0.29) is 12.4 Å². The molecule has 0 heterocycles. The van der Waals surface area contributed by atoms with Gasteiger partial charge in [0, 0.05) is 11.0 Å². The van der Waals surface area contributed by atoms with E-state index in [1.807, 2.05) is 0 Å². The van der Waals surface area contributed by atoms with E-state index >= 15 is 0 Å². The summed E-state index contributed by atoms with van der Waals surface area (Å²) < 4.78 is 1.14. The Labute approximate surface area is 119 Å². The Morgan fingerprint density at radius 3 is 2.53 bits per heavy atom. The van der Waals surface area contributed by atoms with Crippen molar-refractivity contribution >= 4 is 33.9 Å². The van der Waals surface area contributed by atoms with Gasteiger partial charge in [-0.3, -0.25) is 0 Å². The number of rotatable bonds is 4. The van der Waals surface area contributed by atoms with E-state index in [4.69, 9.17) is 0 Å². The first-order chi connectivity index (χ1) is 7.54. The molecular weight excluding hydrogens is 298 g/mol. The maximum Gasteiger partial charge on any atom is 0.0181 e. The third kappa shape index (κ3) is 5.24. The molecule has 1 aromatic rings. The minimum Gasteiger partial charge on any atom is -0.309 e. The van der Waals surface area contributed by atoms with Crippen molar-refractivity contribution in [2.75, 3.05) is 20.6 Å². The van der Waals surface area contributed by atoms with Crippen molar-refractivity contribution in [1.82, 2.24) is 4.90 Å². The maximum atomic E-state index is 3.52. The van der Waals surface area contributed by atoms with E-state index in [1.54, 1.807) is 0 Å². The highest BCUT2D eigenvalue weighted by Gasteiger charge is 2.11. The molecule has 0 aliphatic rings. The highest BCUT2D eigenvalue weighted by molar-refractivity contribution is 9.10. The lowest BCUT2D eigenvalue weighted by Gasteiger charge is -2.20. The lowest BCUT2D eigenvalue weighted by molar-refractivity contribution is 0.376. The van der Waals surface area contributed by atoms with E-state index in [1.165, 1.54) is 11.1 Å². The van der Waals surface area contributed by atoms with Crippen LogP contribution in [0.25, 0.3) is 5.57 Å². The summed E-state index contributed by atoms with van der Waals surface area (Å²) in [5.41, 5.74) is 2.72. The van der Waals surface area contributed by atoms with Gasteiger partial charge in [-0.1, -0.05) is 41.1 Å². The molecule has 1 aromatic carbocycles. The van der Waals surface area contributed by atoms with Gasteiger partial charge in [0.05, 0.1) is 0 Å². The van der Waals surface area contributed by atoms with Crippen LogP contribution in [0.4, 0.5) is 0 Å². The van der Waals surface area contributed by atoms with Crippen LogP contribution in [-0.2, 0) is 0 Å². The minimum atomic E-state index is 0. The van der Waals surface area contributed by atoms with Gasteiger partial charge in [0.15, 0.2) is 0 Å². The summed E-state index contributed by atoms with van der Waals surface area (Å²) >= 11 is 3.52. The molecule has 0 spiro atoms. The van der Waals surface area contributed by atoms with Gasteiger partial charge in [0.2, 0.25) is 0 Å². The SMILES string of the molecule is CC=C(c1cccc(Br)c1)[C@@H](C)CN(C)C.Cl. The van der Waals surface area contributed by atoms with Gasteiger partial charge in [0.1, 0.15) is 0 Å². The largest absolute Gasteiger partial charge is 0.309 e. The van der Waals surface area contributed by atoms with E-state index in [0.29, 0.717) is 5.92 Å². The van der Waals surface area contributed by atoms with Gasteiger partial charge in [-0.15, -0.1) is 12.4 Å². The predicted molar refractivity (Wildman–Crippen MR) is 82.8 cm³/mol. The molecule has 3 heteroatoms. The molecule has 0 radical (unpaired) electrons. The first-order valence-corrected chi connectivity index (χ1v) is 6.40. The Morgan fingerprint density at radius 1 is 1.41 bits per heavy atom. The molecule has 96 valence electrons. The molecule has 0 fully saturated rings. The smallest absolute Gasteiger partial charge is 0.0181 e. The van der Waals surface area contributed by atoms with Crippen LogP contribution in [0.15, 0.2) is 34.8 Å². The third-order valence-electron chi connectivity index (χ3n) is 2.64. The third-order valence-corrected chi connectivity index (χ3v) is 3.13. The number of hydrogen-bond donors (Lipinski definition) is 0. The summed E-state index contributed by atoms with van der Waals surface area (Å²) in [5, 5.41) is 0. The molecular formula is C14H21BrClN. The molecule has 0 saturated carbocycles. The standard InChI is InChI=1S/C14H20BrN.ClH/c1-5-14(11(2)10-16(3)4)12-7-6-8-13(15)9-12;/h5-9,11H,10H2,1-4H3;1H/t11-;/m0./s1. The van der Waals surface area contributed by atoms with Crippen molar-refractivity contribution in [3.05, 3.63) is 40.4 Å². The first-order valence-electron chi connectivity index (χ1n) is 5.61. The summed E-state index contributed by atoms with van der Waals surface area (Å²) in [4.78, 5) is 2.23. The molecule has 0 N–H and O–H groups in total. The first kappa shape index (κ1) is 16.7. The van der Waals surface area contributed by atoms with E-state index in [2.05, 4.69) is 79.1 Å². The van der Waals surface area contributed by atoms with Gasteiger partial charge in [-0.25, -0.2) is 0 Å². The second-order valence-corrected chi connectivity index (χ2v) is 5.33. The van der Waals surface area contributed by atoms with Crippen molar-refractivity contribution < 1.29 is 0 Å². The van der Waals surface area contributed by atoms with Crippen molar-refractivity contribution in [3.63, 3.8) is 0 Å². The van der Waals surface area contributed by atoms with Gasteiger partial charge >= 0.3 is 0 Å². The Balaban J connectivity index is 0.00000256. The van der Waals surface area contributed by atoms with Gasteiger partial charge in [-0.2, -0.15) is 0 Å². The lowest BCUT2D eigenvalue weighted by Crippen LogP contribution is -2.20. The highest BCUT2D eigenvalue weighted by Crippen LogP contribution is 2.25. The molecule has 0 amide bonds. The predicted octanol–water partition coefficient (Wildman–Crippen LogP) is 4.47. The molecule has 0 saturated heterocycles. The normalized spacial score (nSPS) is 13.4. The Bertz CT molecular complexity index is 374. The molecule has 1 atom stereocenters. The fourth-order valence-corrected chi connectivity index (χ4v) is 2.45. The Hall–Kier alpha value is -0.310. The van der Waals surface area contributed by atoms with Crippen LogP contribution in [-0.4, -0.2) is 25.5 Å². The highest BCUT2D eigenvalue weighted by atomic mass is 79.9. The average Bonchev–Trinajstić information content (AvgIpc) is 2.17. The monoisotopic (exact) mass is 317 g/mol. The molecule has 0 bridgehead atoms. The second kappa shape index (κ2) is 7.91. The summed E-state index contributed by atoms with van der Waals surface area (Å²) in [5.74, 6) is 0.550. The fourth-order valence-electron chi connectivity index (χ4n) is 2.05. The van der Waals surface area contributed by atoms with E-state index in [0.717, 1.165) is 11.0 Å². The molecule has 0 unspecified atom stereocenters. The average molecular weight is 319 g/mol. The van der Waals surface area contributed by atoms with Crippen LogP contribution in [0.2, 0.25) is 0 Å². The topological polar surface area (TPSA) is 3.24 Å². The van der Waals surface area contributed by atoms with Crippen molar-refractivity contribution in [3.8, 4) is 0 Å². The van der Waals surface area contributed by atoms with Gasteiger partial charge in [-0.05, 0) is 50.2 Å². The Morgan fingerprint density at radius 2 is 2.06 bits per heavy atom. The molecule has 0 aliphatic carbocycles. The van der Waals surface area contributed by atoms with Crippen LogP contribution in [0, 0.1) is 5.92 Å². The number of benzene rings is 1.